The standard InChI is InChI=1S/C13H20N2O2/c1-9-6-11(16-2)13(12(7-9)17-3)10-8-14-4-5-15-10/h6-7,10,14-15H,4-5,8H2,1-3H3/t10-/m1/s1. The number of aryl methyl sites for hydroxylation is 1. The zero-order valence-corrected chi connectivity index (χ0v) is 10.7. The first kappa shape index (κ1) is 12.2. The Bertz CT molecular complexity index is 362. The van der Waals surface area contributed by atoms with E-state index < -0.39 is 0 Å². The van der Waals surface area contributed by atoms with E-state index in [4.69, 9.17) is 9.47 Å². The van der Waals surface area contributed by atoms with Gasteiger partial charge in [0.05, 0.1) is 25.8 Å². The predicted octanol–water partition coefficient (Wildman–Crippen LogP) is 1.25. The Morgan fingerprint density at radius 3 is 2.24 bits per heavy atom. The number of rotatable bonds is 3. The molecule has 1 aliphatic rings. The highest BCUT2D eigenvalue weighted by Gasteiger charge is 2.22. The van der Waals surface area contributed by atoms with Gasteiger partial charge in [-0.3, -0.25) is 0 Å². The summed E-state index contributed by atoms with van der Waals surface area (Å²) in [6.07, 6.45) is 0. The number of methoxy groups -OCH3 is 2. The lowest BCUT2D eigenvalue weighted by Gasteiger charge is -2.27. The molecule has 1 aromatic carbocycles. The first-order valence-electron chi connectivity index (χ1n) is 5.93. The van der Waals surface area contributed by atoms with E-state index in [9.17, 15) is 0 Å². The topological polar surface area (TPSA) is 42.5 Å². The molecule has 1 atom stereocenters. The Balaban J connectivity index is 2.41. The molecule has 2 rings (SSSR count). The second kappa shape index (κ2) is 5.38. The largest absolute Gasteiger partial charge is 0.496 e. The molecular weight excluding hydrogens is 216 g/mol. The fourth-order valence-electron chi connectivity index (χ4n) is 2.27. The minimum atomic E-state index is 0.245. The van der Waals surface area contributed by atoms with Crippen LogP contribution >= 0.6 is 0 Å². The highest BCUT2D eigenvalue weighted by molar-refractivity contribution is 5.50. The lowest BCUT2D eigenvalue weighted by molar-refractivity contribution is 0.354. The molecule has 0 aliphatic carbocycles. The van der Waals surface area contributed by atoms with Gasteiger partial charge in [0.1, 0.15) is 11.5 Å². The lowest BCUT2D eigenvalue weighted by atomic mass is 10.0. The van der Waals surface area contributed by atoms with Crippen LogP contribution in [0.5, 0.6) is 11.5 Å². The summed E-state index contributed by atoms with van der Waals surface area (Å²) in [4.78, 5) is 0. The average molecular weight is 236 g/mol. The first-order valence-corrected chi connectivity index (χ1v) is 5.93. The van der Waals surface area contributed by atoms with Gasteiger partial charge >= 0.3 is 0 Å². The Morgan fingerprint density at radius 2 is 1.76 bits per heavy atom. The lowest BCUT2D eigenvalue weighted by Crippen LogP contribution is -2.42. The van der Waals surface area contributed by atoms with Gasteiger partial charge in [0.2, 0.25) is 0 Å². The fraction of sp³-hybridized carbons (Fsp3) is 0.538. The number of nitrogens with one attached hydrogen (secondary N) is 2. The van der Waals surface area contributed by atoms with Gasteiger partial charge in [-0.15, -0.1) is 0 Å². The molecule has 94 valence electrons. The molecule has 17 heavy (non-hydrogen) atoms. The fourth-order valence-corrected chi connectivity index (χ4v) is 2.27. The molecule has 4 heteroatoms. The molecule has 0 unspecified atom stereocenters. The van der Waals surface area contributed by atoms with Crippen LogP contribution < -0.4 is 20.1 Å². The third-order valence-electron chi connectivity index (χ3n) is 3.08. The van der Waals surface area contributed by atoms with Crippen LogP contribution in [-0.2, 0) is 0 Å². The maximum atomic E-state index is 5.47. The number of benzene rings is 1. The molecule has 1 heterocycles. The molecule has 1 aromatic rings. The van der Waals surface area contributed by atoms with Crippen LogP contribution in [0.25, 0.3) is 0 Å². The van der Waals surface area contributed by atoms with Crippen molar-refractivity contribution in [1.82, 2.24) is 10.6 Å². The molecule has 0 amide bonds. The van der Waals surface area contributed by atoms with Crippen LogP contribution in [-0.4, -0.2) is 33.9 Å². The zero-order chi connectivity index (χ0) is 12.3. The summed E-state index contributed by atoms with van der Waals surface area (Å²) < 4.78 is 10.9. The van der Waals surface area contributed by atoms with Crippen LogP contribution in [0.2, 0.25) is 0 Å². The minimum Gasteiger partial charge on any atom is -0.496 e. The van der Waals surface area contributed by atoms with Crippen LogP contribution in [0.4, 0.5) is 0 Å². The summed E-state index contributed by atoms with van der Waals surface area (Å²) in [6, 6.07) is 4.34. The molecule has 0 radical (unpaired) electrons. The van der Waals surface area contributed by atoms with E-state index in [1.54, 1.807) is 14.2 Å². The molecule has 4 nitrogen and oxygen atoms in total. The molecule has 0 aromatic heterocycles. The molecular formula is C13H20N2O2. The van der Waals surface area contributed by atoms with Crippen molar-refractivity contribution in [3.63, 3.8) is 0 Å². The van der Waals surface area contributed by atoms with Crippen molar-refractivity contribution in [2.75, 3.05) is 33.9 Å². The Morgan fingerprint density at radius 1 is 1.12 bits per heavy atom. The minimum absolute atomic E-state index is 0.245. The quantitative estimate of drug-likeness (QED) is 0.829. The number of ether oxygens (including phenoxy) is 2. The SMILES string of the molecule is COc1cc(C)cc(OC)c1[C@H]1CNCCN1. The van der Waals surface area contributed by atoms with Crippen molar-refractivity contribution in [2.24, 2.45) is 0 Å². The zero-order valence-electron chi connectivity index (χ0n) is 10.7. The Labute approximate surface area is 102 Å². The third kappa shape index (κ3) is 2.53. The summed E-state index contributed by atoms with van der Waals surface area (Å²) >= 11 is 0. The van der Waals surface area contributed by atoms with Crippen molar-refractivity contribution in [3.8, 4) is 11.5 Å². The van der Waals surface area contributed by atoms with Crippen LogP contribution in [0.3, 0.4) is 0 Å². The highest BCUT2D eigenvalue weighted by atomic mass is 16.5. The summed E-state index contributed by atoms with van der Waals surface area (Å²) in [5.41, 5.74) is 2.25. The van der Waals surface area contributed by atoms with E-state index in [2.05, 4.69) is 10.6 Å². The monoisotopic (exact) mass is 236 g/mol. The van der Waals surface area contributed by atoms with Crippen LogP contribution in [0, 0.1) is 6.92 Å². The molecule has 0 spiro atoms. The van der Waals surface area contributed by atoms with E-state index >= 15 is 0 Å². The van der Waals surface area contributed by atoms with Gasteiger partial charge in [-0.2, -0.15) is 0 Å². The first-order chi connectivity index (χ1) is 8.26. The van der Waals surface area contributed by atoms with Gasteiger partial charge < -0.3 is 20.1 Å². The Kier molecular flexibility index (Phi) is 3.86. The van der Waals surface area contributed by atoms with Gasteiger partial charge in [-0.05, 0) is 24.6 Å². The number of hydrogen-bond acceptors (Lipinski definition) is 4. The second-order valence-corrected chi connectivity index (χ2v) is 4.29. The summed E-state index contributed by atoms with van der Waals surface area (Å²) in [7, 11) is 3.40. The molecule has 1 aliphatic heterocycles. The number of hydrogen-bond donors (Lipinski definition) is 2. The molecule has 1 fully saturated rings. The molecule has 2 N–H and O–H groups in total. The Hall–Kier alpha value is -1.26. The highest BCUT2D eigenvalue weighted by Crippen LogP contribution is 2.35. The van der Waals surface area contributed by atoms with Gasteiger partial charge in [-0.1, -0.05) is 0 Å². The van der Waals surface area contributed by atoms with Crippen molar-refractivity contribution in [3.05, 3.63) is 23.3 Å². The van der Waals surface area contributed by atoms with E-state index in [0.29, 0.717) is 0 Å². The van der Waals surface area contributed by atoms with Crippen LogP contribution in [0.15, 0.2) is 12.1 Å². The van der Waals surface area contributed by atoms with Gasteiger partial charge in [-0.25, -0.2) is 0 Å². The van der Waals surface area contributed by atoms with Crippen molar-refractivity contribution < 1.29 is 9.47 Å². The van der Waals surface area contributed by atoms with Gasteiger partial charge in [0.15, 0.2) is 0 Å². The van der Waals surface area contributed by atoms with Crippen LogP contribution in [0.1, 0.15) is 17.2 Å². The van der Waals surface area contributed by atoms with E-state index in [-0.39, 0.29) is 6.04 Å². The van der Waals surface area contributed by atoms with Crippen molar-refractivity contribution in [2.45, 2.75) is 13.0 Å². The maximum absolute atomic E-state index is 5.47. The van der Waals surface area contributed by atoms with E-state index in [1.807, 2.05) is 19.1 Å². The van der Waals surface area contributed by atoms with E-state index in [0.717, 1.165) is 42.3 Å². The summed E-state index contributed by atoms with van der Waals surface area (Å²) in [5.74, 6) is 1.78. The second-order valence-electron chi connectivity index (χ2n) is 4.29. The number of piperazine rings is 1. The molecule has 0 saturated carbocycles. The summed E-state index contributed by atoms with van der Waals surface area (Å²) in [6.45, 7) is 4.91. The van der Waals surface area contributed by atoms with Gasteiger partial charge in [0.25, 0.3) is 0 Å². The molecule has 1 saturated heterocycles. The van der Waals surface area contributed by atoms with Crippen molar-refractivity contribution in [1.29, 1.82) is 0 Å². The van der Waals surface area contributed by atoms with Gasteiger partial charge in [0, 0.05) is 19.6 Å². The van der Waals surface area contributed by atoms with E-state index in [1.165, 1.54) is 0 Å². The normalized spacial score (nSPS) is 20.1. The average Bonchev–Trinajstić information content (AvgIpc) is 2.38. The molecule has 0 bridgehead atoms. The third-order valence-corrected chi connectivity index (χ3v) is 3.08. The smallest absolute Gasteiger partial charge is 0.127 e. The van der Waals surface area contributed by atoms with Crippen molar-refractivity contribution >= 4 is 0 Å². The maximum Gasteiger partial charge on any atom is 0.127 e. The predicted molar refractivity (Wildman–Crippen MR) is 67.9 cm³/mol. The summed E-state index contributed by atoms with van der Waals surface area (Å²) in [5, 5.41) is 6.86.